The maximum Gasteiger partial charge on any atom is 0.0349 e. The Morgan fingerprint density at radius 1 is 1.30 bits per heavy atom. The summed E-state index contributed by atoms with van der Waals surface area (Å²) in [4.78, 5) is 0. The van der Waals surface area contributed by atoms with E-state index in [-0.39, 0.29) is 0 Å². The highest BCUT2D eigenvalue weighted by Gasteiger charge is 1.99. The van der Waals surface area contributed by atoms with E-state index in [0.29, 0.717) is 0 Å². The van der Waals surface area contributed by atoms with Crippen LogP contribution < -0.4 is 0 Å². The summed E-state index contributed by atoms with van der Waals surface area (Å²) in [5.74, 6) is 0. The number of benzene rings is 1. The Kier molecular flexibility index (Phi) is 2.93. The molecule has 10 heavy (non-hydrogen) atoms. The largest absolute Gasteiger partial charge is 0.0613 e. The van der Waals surface area contributed by atoms with Crippen LogP contribution in [0.5, 0.6) is 0 Å². The molecule has 0 heterocycles. The molecule has 54 valence electrons. The molecule has 0 radical (unpaired) electrons. The van der Waals surface area contributed by atoms with Crippen molar-refractivity contribution in [2.75, 3.05) is 0 Å². The molecule has 0 amide bonds. The number of rotatable bonds is 1. The van der Waals surface area contributed by atoms with Crippen molar-refractivity contribution in [3.63, 3.8) is 0 Å². The third-order valence-corrected chi connectivity index (χ3v) is 3.54. The highest BCUT2D eigenvalue weighted by atomic mass is 79.9. The molecule has 0 spiro atoms. The summed E-state index contributed by atoms with van der Waals surface area (Å²) < 4.78 is 2.31. The van der Waals surface area contributed by atoms with E-state index in [0.717, 1.165) is 10.9 Å². The Bertz CT molecular complexity index is 231. The minimum Gasteiger partial charge on any atom is -0.0613 e. The van der Waals surface area contributed by atoms with Gasteiger partial charge in [-0.05, 0) is 49.9 Å². The SMILES string of the molecule is CCc1cccc(Br)c1Br. The average Bonchev–Trinajstić information content (AvgIpc) is 1.95. The molecule has 1 aromatic rings. The molecular weight excluding hydrogens is 256 g/mol. The van der Waals surface area contributed by atoms with E-state index in [4.69, 9.17) is 0 Å². The lowest BCUT2D eigenvalue weighted by Crippen LogP contribution is -1.81. The third-order valence-electron chi connectivity index (χ3n) is 1.41. The first kappa shape index (κ1) is 8.28. The first-order valence-electron chi connectivity index (χ1n) is 3.18. The van der Waals surface area contributed by atoms with E-state index in [2.05, 4.69) is 44.8 Å². The second-order valence-electron chi connectivity index (χ2n) is 2.07. The maximum absolute atomic E-state index is 3.49. The zero-order valence-electron chi connectivity index (χ0n) is 5.70. The molecule has 0 N–H and O–H groups in total. The van der Waals surface area contributed by atoms with Crippen LogP contribution >= 0.6 is 31.9 Å². The summed E-state index contributed by atoms with van der Waals surface area (Å²) in [5.41, 5.74) is 1.34. The predicted octanol–water partition coefficient (Wildman–Crippen LogP) is 3.77. The van der Waals surface area contributed by atoms with Crippen molar-refractivity contribution in [3.05, 3.63) is 32.7 Å². The van der Waals surface area contributed by atoms with Gasteiger partial charge in [0.1, 0.15) is 0 Å². The van der Waals surface area contributed by atoms with E-state index in [1.807, 2.05) is 12.1 Å². The molecule has 0 aliphatic carbocycles. The van der Waals surface area contributed by atoms with Gasteiger partial charge in [0.05, 0.1) is 0 Å². The van der Waals surface area contributed by atoms with Gasteiger partial charge in [0, 0.05) is 8.95 Å². The van der Waals surface area contributed by atoms with Crippen molar-refractivity contribution in [2.45, 2.75) is 13.3 Å². The van der Waals surface area contributed by atoms with Gasteiger partial charge in [0.2, 0.25) is 0 Å². The topological polar surface area (TPSA) is 0 Å². The summed E-state index contributed by atoms with van der Waals surface area (Å²) in [5, 5.41) is 0. The molecule has 0 aliphatic heterocycles. The Morgan fingerprint density at radius 3 is 2.50 bits per heavy atom. The molecule has 1 rings (SSSR count). The molecular formula is C8H8Br2. The van der Waals surface area contributed by atoms with Crippen LogP contribution in [0.3, 0.4) is 0 Å². The summed E-state index contributed by atoms with van der Waals surface area (Å²) in [6, 6.07) is 6.20. The van der Waals surface area contributed by atoms with Crippen LogP contribution in [0, 0.1) is 0 Å². The average molecular weight is 264 g/mol. The lowest BCUT2D eigenvalue weighted by molar-refractivity contribution is 1.12. The van der Waals surface area contributed by atoms with Crippen LogP contribution in [0.1, 0.15) is 12.5 Å². The monoisotopic (exact) mass is 262 g/mol. The molecule has 0 nitrogen and oxygen atoms in total. The van der Waals surface area contributed by atoms with Gasteiger partial charge in [0.15, 0.2) is 0 Å². The first-order valence-corrected chi connectivity index (χ1v) is 4.77. The van der Waals surface area contributed by atoms with E-state index < -0.39 is 0 Å². The van der Waals surface area contributed by atoms with E-state index in [9.17, 15) is 0 Å². The number of hydrogen-bond donors (Lipinski definition) is 0. The normalized spacial score (nSPS) is 9.90. The third kappa shape index (κ3) is 1.61. The Balaban J connectivity index is 3.14. The van der Waals surface area contributed by atoms with Crippen LogP contribution in [-0.4, -0.2) is 0 Å². The molecule has 0 unspecified atom stereocenters. The number of aryl methyl sites for hydroxylation is 1. The second-order valence-corrected chi connectivity index (χ2v) is 3.71. The van der Waals surface area contributed by atoms with Crippen molar-refractivity contribution in [2.24, 2.45) is 0 Å². The summed E-state index contributed by atoms with van der Waals surface area (Å²) in [6.07, 6.45) is 1.07. The Morgan fingerprint density at radius 2 is 2.00 bits per heavy atom. The van der Waals surface area contributed by atoms with Crippen LogP contribution in [-0.2, 0) is 6.42 Å². The second kappa shape index (κ2) is 3.54. The van der Waals surface area contributed by atoms with Crippen molar-refractivity contribution in [3.8, 4) is 0 Å². The molecule has 1 aromatic carbocycles. The standard InChI is InChI=1S/C8H8Br2/c1-2-6-4-3-5-7(9)8(6)10/h3-5H,2H2,1H3. The fourth-order valence-corrected chi connectivity index (χ4v) is 1.77. The fourth-order valence-electron chi connectivity index (χ4n) is 0.822. The smallest absolute Gasteiger partial charge is 0.0349 e. The molecule has 0 aliphatic rings. The highest BCUT2D eigenvalue weighted by molar-refractivity contribution is 9.13. The quantitative estimate of drug-likeness (QED) is 0.724. The molecule has 0 aromatic heterocycles. The molecule has 0 atom stereocenters. The summed E-state index contributed by atoms with van der Waals surface area (Å²) >= 11 is 6.93. The summed E-state index contributed by atoms with van der Waals surface area (Å²) in [6.45, 7) is 2.15. The molecule has 0 saturated carbocycles. The van der Waals surface area contributed by atoms with Gasteiger partial charge in [-0.1, -0.05) is 19.1 Å². The lowest BCUT2D eigenvalue weighted by Gasteiger charge is -2.01. The van der Waals surface area contributed by atoms with E-state index in [1.54, 1.807) is 0 Å². The highest BCUT2D eigenvalue weighted by Crippen LogP contribution is 2.26. The van der Waals surface area contributed by atoms with Crippen molar-refractivity contribution in [1.82, 2.24) is 0 Å². The van der Waals surface area contributed by atoms with Crippen LogP contribution in [0.4, 0.5) is 0 Å². The first-order chi connectivity index (χ1) is 4.75. The minimum atomic E-state index is 1.07. The van der Waals surface area contributed by atoms with Gasteiger partial charge in [-0.15, -0.1) is 0 Å². The number of hydrogen-bond acceptors (Lipinski definition) is 0. The molecule has 2 heteroatoms. The van der Waals surface area contributed by atoms with Gasteiger partial charge in [-0.3, -0.25) is 0 Å². The lowest BCUT2D eigenvalue weighted by atomic mass is 10.2. The van der Waals surface area contributed by atoms with Crippen molar-refractivity contribution < 1.29 is 0 Å². The summed E-state index contributed by atoms with van der Waals surface area (Å²) in [7, 11) is 0. The fraction of sp³-hybridized carbons (Fsp3) is 0.250. The van der Waals surface area contributed by atoms with Crippen molar-refractivity contribution >= 4 is 31.9 Å². The zero-order chi connectivity index (χ0) is 7.56. The zero-order valence-corrected chi connectivity index (χ0v) is 8.87. The molecule has 0 bridgehead atoms. The Hall–Kier alpha value is 0.180. The van der Waals surface area contributed by atoms with Crippen molar-refractivity contribution in [1.29, 1.82) is 0 Å². The predicted molar refractivity (Wildman–Crippen MR) is 51.2 cm³/mol. The minimum absolute atomic E-state index is 1.07. The van der Waals surface area contributed by atoms with E-state index in [1.165, 1.54) is 10.0 Å². The molecule has 0 saturated heterocycles. The van der Waals surface area contributed by atoms with Crippen LogP contribution in [0.15, 0.2) is 27.1 Å². The number of halogens is 2. The Labute approximate surface area is 77.9 Å². The van der Waals surface area contributed by atoms with Gasteiger partial charge < -0.3 is 0 Å². The van der Waals surface area contributed by atoms with Gasteiger partial charge in [-0.2, -0.15) is 0 Å². The molecule has 0 fully saturated rings. The van der Waals surface area contributed by atoms with Crippen LogP contribution in [0.25, 0.3) is 0 Å². The van der Waals surface area contributed by atoms with Gasteiger partial charge in [-0.25, -0.2) is 0 Å². The maximum atomic E-state index is 3.49. The van der Waals surface area contributed by atoms with Gasteiger partial charge in [0.25, 0.3) is 0 Å². The van der Waals surface area contributed by atoms with Gasteiger partial charge >= 0.3 is 0 Å². The van der Waals surface area contributed by atoms with E-state index >= 15 is 0 Å². The van der Waals surface area contributed by atoms with Crippen LogP contribution in [0.2, 0.25) is 0 Å².